The monoisotopic (exact) mass is 405 g/mol. The van der Waals surface area contributed by atoms with Crippen LogP contribution in [0, 0.1) is 5.92 Å². The number of anilines is 1. The number of hydrogen-bond donors (Lipinski definition) is 5. The quantitative estimate of drug-likeness (QED) is 0.344. The molecule has 0 saturated carbocycles. The molecule has 0 aliphatic carbocycles. The standard InChI is InChI=1S/C13H20N5O8P/c1-24-3-2-6-7(4-25-27(21,22)23)26-12(9(6)19)18-5-15-8-10(18)16-13(14)17-11(8)20/h5-7,9,12,19H,2-4H2,1H3,(H2,21,22,23)(H3,14,16,17,20)/t6-,7-,9-,12-/m1/s1. The molecule has 14 heteroatoms. The van der Waals surface area contributed by atoms with Crippen molar-refractivity contribution in [3.63, 3.8) is 0 Å². The average Bonchev–Trinajstić information content (AvgIpc) is 3.12. The molecule has 3 heterocycles. The van der Waals surface area contributed by atoms with Gasteiger partial charge in [-0.2, -0.15) is 4.98 Å². The third-order valence-corrected chi connectivity index (χ3v) is 4.80. The van der Waals surface area contributed by atoms with Gasteiger partial charge in [-0.3, -0.25) is 18.9 Å². The Labute approximate surface area is 152 Å². The molecule has 4 atom stereocenters. The molecule has 1 saturated heterocycles. The van der Waals surface area contributed by atoms with E-state index in [4.69, 9.17) is 25.0 Å². The molecule has 2 aromatic rings. The summed E-state index contributed by atoms with van der Waals surface area (Å²) in [6, 6.07) is 0. The Balaban J connectivity index is 1.91. The molecule has 13 nitrogen and oxygen atoms in total. The summed E-state index contributed by atoms with van der Waals surface area (Å²) in [5.41, 5.74) is 5.16. The minimum atomic E-state index is -4.71. The van der Waals surface area contributed by atoms with Gasteiger partial charge in [0.15, 0.2) is 17.4 Å². The predicted octanol–water partition coefficient (Wildman–Crippen LogP) is -1.28. The van der Waals surface area contributed by atoms with Gasteiger partial charge in [0.1, 0.15) is 6.10 Å². The molecule has 1 fully saturated rings. The van der Waals surface area contributed by atoms with E-state index in [2.05, 4.69) is 19.5 Å². The van der Waals surface area contributed by atoms with Gasteiger partial charge in [-0.25, -0.2) is 9.55 Å². The van der Waals surface area contributed by atoms with Crippen LogP contribution < -0.4 is 11.3 Å². The van der Waals surface area contributed by atoms with Gasteiger partial charge in [0.2, 0.25) is 5.95 Å². The summed E-state index contributed by atoms with van der Waals surface area (Å²) in [7, 11) is -3.22. The topological polar surface area (TPSA) is 195 Å². The molecular weight excluding hydrogens is 385 g/mol. The van der Waals surface area contributed by atoms with Gasteiger partial charge in [0.25, 0.3) is 5.56 Å². The third-order valence-electron chi connectivity index (χ3n) is 4.31. The second-order valence-electron chi connectivity index (χ2n) is 6.06. The summed E-state index contributed by atoms with van der Waals surface area (Å²) < 4.78 is 27.7. The second-order valence-corrected chi connectivity index (χ2v) is 7.30. The van der Waals surface area contributed by atoms with Crippen molar-refractivity contribution in [3.05, 3.63) is 16.7 Å². The largest absolute Gasteiger partial charge is 0.469 e. The lowest BCUT2D eigenvalue weighted by Gasteiger charge is -2.19. The number of aliphatic hydroxyl groups is 1. The van der Waals surface area contributed by atoms with E-state index >= 15 is 0 Å². The Bertz CT molecular complexity index is 910. The number of ether oxygens (including phenoxy) is 2. The second kappa shape index (κ2) is 7.64. The number of imidazole rings is 1. The van der Waals surface area contributed by atoms with E-state index in [1.807, 2.05) is 0 Å². The molecule has 1 aliphatic rings. The SMILES string of the molecule is COCC[C@H]1[C@@H](O)[C@H](n2cnc3c(=O)[nH]c(N)nc32)O[C@@H]1COP(=O)(O)O. The molecule has 2 aromatic heterocycles. The molecule has 3 rings (SSSR count). The van der Waals surface area contributed by atoms with Gasteiger partial charge >= 0.3 is 7.82 Å². The van der Waals surface area contributed by atoms with E-state index in [0.29, 0.717) is 13.0 Å². The zero-order valence-corrected chi connectivity index (χ0v) is 15.2. The zero-order valence-electron chi connectivity index (χ0n) is 14.3. The number of fused-ring (bicyclic) bond motifs is 1. The van der Waals surface area contributed by atoms with Crippen LogP contribution in [0.5, 0.6) is 0 Å². The molecule has 27 heavy (non-hydrogen) atoms. The lowest BCUT2D eigenvalue weighted by atomic mass is 9.95. The van der Waals surface area contributed by atoms with Crippen LogP contribution in [0.25, 0.3) is 11.2 Å². The van der Waals surface area contributed by atoms with Gasteiger partial charge in [0, 0.05) is 19.6 Å². The van der Waals surface area contributed by atoms with Crippen molar-refractivity contribution in [3.8, 4) is 0 Å². The zero-order chi connectivity index (χ0) is 19.8. The number of nitrogen functional groups attached to an aromatic ring is 1. The maximum atomic E-state index is 11.9. The summed E-state index contributed by atoms with van der Waals surface area (Å²) in [5.74, 6) is -0.669. The van der Waals surface area contributed by atoms with Gasteiger partial charge in [-0.1, -0.05) is 0 Å². The van der Waals surface area contributed by atoms with Gasteiger partial charge in [-0.05, 0) is 6.42 Å². The molecule has 0 aromatic carbocycles. The van der Waals surface area contributed by atoms with Crippen LogP contribution in [0.3, 0.4) is 0 Å². The van der Waals surface area contributed by atoms with Crippen LogP contribution in [0.1, 0.15) is 12.6 Å². The van der Waals surface area contributed by atoms with Gasteiger partial charge in [0.05, 0.1) is 19.0 Å². The number of nitrogens with two attached hydrogens (primary N) is 1. The van der Waals surface area contributed by atoms with Crippen LogP contribution in [0.2, 0.25) is 0 Å². The van der Waals surface area contributed by atoms with Crippen LogP contribution in [-0.2, 0) is 18.6 Å². The minimum absolute atomic E-state index is 0.0170. The van der Waals surface area contributed by atoms with Crippen molar-refractivity contribution >= 4 is 24.9 Å². The number of H-pyrrole nitrogens is 1. The maximum absolute atomic E-state index is 11.9. The average molecular weight is 405 g/mol. The number of hydrogen-bond acceptors (Lipinski definition) is 9. The molecule has 0 unspecified atom stereocenters. The summed E-state index contributed by atoms with van der Waals surface area (Å²) in [5, 5.41) is 10.7. The first-order valence-corrected chi connectivity index (χ1v) is 9.49. The Morgan fingerprint density at radius 2 is 2.22 bits per heavy atom. The van der Waals surface area contributed by atoms with Crippen molar-refractivity contribution in [2.24, 2.45) is 5.92 Å². The van der Waals surface area contributed by atoms with Gasteiger partial charge < -0.3 is 30.1 Å². The lowest BCUT2D eigenvalue weighted by molar-refractivity contribution is -0.0488. The molecule has 0 radical (unpaired) electrons. The molecule has 150 valence electrons. The van der Waals surface area contributed by atoms with Crippen molar-refractivity contribution in [2.75, 3.05) is 26.1 Å². The normalized spacial score (nSPS) is 26.1. The summed E-state index contributed by atoms with van der Waals surface area (Å²) >= 11 is 0. The fourth-order valence-electron chi connectivity index (χ4n) is 3.10. The number of aromatic nitrogens is 4. The van der Waals surface area contributed by atoms with E-state index in [1.54, 1.807) is 0 Å². The van der Waals surface area contributed by atoms with Crippen molar-refractivity contribution < 1.29 is 33.5 Å². The highest BCUT2D eigenvalue weighted by Crippen LogP contribution is 2.41. The number of phosphoric acid groups is 1. The van der Waals surface area contributed by atoms with Crippen LogP contribution >= 0.6 is 7.82 Å². The Morgan fingerprint density at radius 1 is 1.48 bits per heavy atom. The molecule has 0 amide bonds. The number of methoxy groups -OCH3 is 1. The van der Waals surface area contributed by atoms with Gasteiger partial charge in [-0.15, -0.1) is 0 Å². The Hall–Kier alpha value is -1.86. The first-order chi connectivity index (χ1) is 12.7. The number of rotatable bonds is 7. The van der Waals surface area contributed by atoms with E-state index in [9.17, 15) is 14.5 Å². The minimum Gasteiger partial charge on any atom is -0.388 e. The molecule has 6 N–H and O–H groups in total. The molecular formula is C13H20N5O8P. The highest BCUT2D eigenvalue weighted by molar-refractivity contribution is 7.46. The Morgan fingerprint density at radius 3 is 2.89 bits per heavy atom. The van der Waals surface area contributed by atoms with E-state index in [-0.39, 0.29) is 17.1 Å². The third kappa shape index (κ3) is 4.19. The molecule has 0 spiro atoms. The van der Waals surface area contributed by atoms with E-state index < -0.39 is 44.3 Å². The first kappa shape index (κ1) is 19.9. The number of nitrogens with one attached hydrogen (secondary N) is 1. The fourth-order valence-corrected chi connectivity index (χ4v) is 3.44. The highest BCUT2D eigenvalue weighted by atomic mass is 31.2. The lowest BCUT2D eigenvalue weighted by Crippen LogP contribution is -2.29. The summed E-state index contributed by atoms with van der Waals surface area (Å²) in [6.45, 7) is -0.144. The smallest absolute Gasteiger partial charge is 0.388 e. The first-order valence-electron chi connectivity index (χ1n) is 7.96. The number of aliphatic hydroxyl groups excluding tert-OH is 1. The van der Waals surface area contributed by atoms with Crippen molar-refractivity contribution in [1.82, 2.24) is 19.5 Å². The molecule has 1 aliphatic heterocycles. The number of phosphoric ester groups is 1. The predicted molar refractivity (Wildman–Crippen MR) is 90.5 cm³/mol. The Kier molecular flexibility index (Phi) is 5.63. The van der Waals surface area contributed by atoms with E-state index in [0.717, 1.165) is 0 Å². The highest BCUT2D eigenvalue weighted by Gasteiger charge is 2.45. The van der Waals surface area contributed by atoms with Crippen molar-refractivity contribution in [2.45, 2.75) is 24.9 Å². The van der Waals surface area contributed by atoms with E-state index in [1.165, 1.54) is 18.0 Å². The van der Waals surface area contributed by atoms with Crippen molar-refractivity contribution in [1.29, 1.82) is 0 Å². The van der Waals surface area contributed by atoms with Crippen LogP contribution in [-0.4, -0.2) is 66.9 Å². The van der Waals surface area contributed by atoms with Crippen LogP contribution in [0.4, 0.5) is 5.95 Å². The summed E-state index contributed by atoms with van der Waals surface area (Å²) in [6.07, 6.45) is -1.29. The molecule has 0 bridgehead atoms. The van der Waals surface area contributed by atoms with Crippen LogP contribution in [0.15, 0.2) is 11.1 Å². The summed E-state index contributed by atoms with van der Waals surface area (Å²) in [4.78, 5) is 40.1. The fraction of sp³-hybridized carbons (Fsp3) is 0.615. The number of nitrogens with zero attached hydrogens (tertiary/aromatic N) is 3. The maximum Gasteiger partial charge on any atom is 0.469 e. The number of aromatic amines is 1.